The number of aldehydes is 1. The predicted molar refractivity (Wildman–Crippen MR) is 88.6 cm³/mol. The first kappa shape index (κ1) is 15.9. The van der Waals surface area contributed by atoms with Crippen LogP contribution in [0.2, 0.25) is 0 Å². The normalized spacial score (nSPS) is 11.2. The zero-order valence-corrected chi connectivity index (χ0v) is 13.6. The Morgan fingerprint density at radius 2 is 1.71 bits per heavy atom. The van der Waals surface area contributed by atoms with E-state index in [9.17, 15) is 13.2 Å². The fourth-order valence-corrected chi connectivity index (χ4v) is 3.61. The van der Waals surface area contributed by atoms with Crippen LogP contribution in [-0.4, -0.2) is 30.8 Å². The molecule has 2 aromatic carbocycles. The second-order valence-electron chi connectivity index (χ2n) is 4.95. The van der Waals surface area contributed by atoms with E-state index in [1.165, 1.54) is 18.3 Å². The fourth-order valence-electron chi connectivity index (χ4n) is 2.26. The van der Waals surface area contributed by atoms with Crippen molar-refractivity contribution < 1.29 is 17.9 Å². The molecule has 0 bridgehead atoms. The minimum atomic E-state index is -3.86. The average Bonchev–Trinajstić information content (AvgIpc) is 3.08. The van der Waals surface area contributed by atoms with Crippen LogP contribution in [0.15, 0.2) is 65.7 Å². The van der Waals surface area contributed by atoms with E-state index in [0.29, 0.717) is 17.6 Å². The van der Waals surface area contributed by atoms with Crippen LogP contribution >= 0.6 is 0 Å². The Kier molecular flexibility index (Phi) is 4.18. The van der Waals surface area contributed by atoms with E-state index in [-0.39, 0.29) is 16.4 Å². The van der Waals surface area contributed by atoms with Gasteiger partial charge in [0.1, 0.15) is 11.4 Å². The first-order valence-electron chi connectivity index (χ1n) is 7.06. The van der Waals surface area contributed by atoms with Crippen molar-refractivity contribution in [3.05, 3.63) is 66.5 Å². The van der Waals surface area contributed by atoms with Gasteiger partial charge in [-0.2, -0.15) is 0 Å². The highest BCUT2D eigenvalue weighted by molar-refractivity contribution is 7.90. The van der Waals surface area contributed by atoms with Crippen LogP contribution in [0.5, 0.6) is 5.75 Å². The minimum Gasteiger partial charge on any atom is -0.497 e. The number of rotatable bonds is 5. The molecule has 0 aliphatic rings. The molecule has 0 saturated carbocycles. The summed E-state index contributed by atoms with van der Waals surface area (Å²) in [6.45, 7) is 0. The van der Waals surface area contributed by atoms with E-state index in [2.05, 4.69) is 4.98 Å². The Hall–Kier alpha value is -2.93. The predicted octanol–water partition coefficient (Wildman–Crippen LogP) is 2.61. The number of ether oxygens (including phenoxy) is 1. The lowest BCUT2D eigenvalue weighted by Gasteiger charge is -2.09. The van der Waals surface area contributed by atoms with Gasteiger partial charge in [0.05, 0.1) is 18.2 Å². The smallest absolute Gasteiger partial charge is 0.269 e. The maximum Gasteiger partial charge on any atom is 0.269 e. The van der Waals surface area contributed by atoms with Gasteiger partial charge in [0.2, 0.25) is 0 Å². The summed E-state index contributed by atoms with van der Waals surface area (Å²) in [5.41, 5.74) is 0.601. The van der Waals surface area contributed by atoms with Gasteiger partial charge in [0.25, 0.3) is 10.0 Å². The second kappa shape index (κ2) is 6.29. The summed E-state index contributed by atoms with van der Waals surface area (Å²) in [5.74, 6) is 0.807. The number of carbonyl (C=O) groups excluding carboxylic acids is 1. The second-order valence-corrected chi connectivity index (χ2v) is 6.76. The molecule has 7 heteroatoms. The highest BCUT2D eigenvalue weighted by Gasteiger charge is 2.22. The topological polar surface area (TPSA) is 78.3 Å². The van der Waals surface area contributed by atoms with Crippen molar-refractivity contribution in [2.75, 3.05) is 7.11 Å². The van der Waals surface area contributed by atoms with Crippen LogP contribution in [0.4, 0.5) is 0 Å². The maximum atomic E-state index is 12.9. The number of imidazole rings is 1. The van der Waals surface area contributed by atoms with Crippen LogP contribution in [0.3, 0.4) is 0 Å². The largest absolute Gasteiger partial charge is 0.497 e. The lowest BCUT2D eigenvalue weighted by Crippen LogP contribution is -2.13. The van der Waals surface area contributed by atoms with Gasteiger partial charge in [-0.25, -0.2) is 17.4 Å². The third-order valence-corrected chi connectivity index (χ3v) is 5.13. The van der Waals surface area contributed by atoms with Crippen molar-refractivity contribution in [3.63, 3.8) is 0 Å². The Morgan fingerprint density at radius 3 is 2.29 bits per heavy atom. The molecule has 0 amide bonds. The van der Waals surface area contributed by atoms with Gasteiger partial charge in [-0.1, -0.05) is 18.2 Å². The molecule has 1 aromatic heterocycles. The maximum absolute atomic E-state index is 12.9. The van der Waals surface area contributed by atoms with E-state index in [0.717, 1.165) is 3.97 Å². The minimum absolute atomic E-state index is 0.0420. The lowest BCUT2D eigenvalue weighted by molar-refractivity contribution is 0.111. The molecule has 0 saturated heterocycles. The van der Waals surface area contributed by atoms with E-state index in [4.69, 9.17) is 4.74 Å². The number of hydrogen-bond donors (Lipinski definition) is 0. The Morgan fingerprint density at radius 1 is 1.04 bits per heavy atom. The molecule has 1 heterocycles. The molecule has 3 aromatic rings. The SMILES string of the molecule is COc1ccc(-c2nc(C=O)cn2S(=O)(=O)c2ccccc2)cc1. The molecule has 0 radical (unpaired) electrons. The van der Waals surface area contributed by atoms with Gasteiger partial charge in [-0.15, -0.1) is 0 Å². The molecular weight excluding hydrogens is 328 g/mol. The van der Waals surface area contributed by atoms with Gasteiger partial charge in [0, 0.05) is 5.56 Å². The summed E-state index contributed by atoms with van der Waals surface area (Å²) in [6, 6.07) is 14.8. The molecule has 0 fully saturated rings. The van der Waals surface area contributed by atoms with Crippen LogP contribution in [0.25, 0.3) is 11.4 Å². The van der Waals surface area contributed by atoms with Crippen LogP contribution in [0.1, 0.15) is 10.5 Å². The van der Waals surface area contributed by atoms with Gasteiger partial charge < -0.3 is 4.74 Å². The Bertz CT molecular complexity index is 962. The number of aromatic nitrogens is 2. The van der Waals surface area contributed by atoms with Crippen LogP contribution in [0, 0.1) is 0 Å². The van der Waals surface area contributed by atoms with Gasteiger partial charge in [-0.05, 0) is 36.4 Å². The van der Waals surface area contributed by atoms with Crippen molar-refractivity contribution in [1.29, 1.82) is 0 Å². The lowest BCUT2D eigenvalue weighted by atomic mass is 10.2. The van der Waals surface area contributed by atoms with Crippen LogP contribution in [-0.2, 0) is 10.0 Å². The molecule has 0 aliphatic carbocycles. The highest BCUT2D eigenvalue weighted by Crippen LogP contribution is 2.25. The Labute approximate surface area is 139 Å². The molecule has 0 atom stereocenters. The molecule has 0 unspecified atom stereocenters. The van der Waals surface area contributed by atoms with Crippen molar-refractivity contribution >= 4 is 16.3 Å². The zero-order chi connectivity index (χ0) is 17.2. The fraction of sp³-hybridized carbons (Fsp3) is 0.0588. The summed E-state index contributed by atoms with van der Waals surface area (Å²) in [6.07, 6.45) is 1.74. The summed E-state index contributed by atoms with van der Waals surface area (Å²) < 4.78 is 31.8. The molecule has 122 valence electrons. The first-order chi connectivity index (χ1) is 11.6. The summed E-state index contributed by atoms with van der Waals surface area (Å²) in [4.78, 5) is 15.3. The third-order valence-electron chi connectivity index (χ3n) is 3.46. The average molecular weight is 342 g/mol. The number of nitrogens with zero attached hydrogens (tertiary/aromatic N) is 2. The molecule has 0 spiro atoms. The van der Waals surface area contributed by atoms with Crippen molar-refractivity contribution in [2.24, 2.45) is 0 Å². The molecule has 0 aliphatic heterocycles. The summed E-state index contributed by atoms with van der Waals surface area (Å²) in [5, 5.41) is 0. The first-order valence-corrected chi connectivity index (χ1v) is 8.50. The zero-order valence-electron chi connectivity index (χ0n) is 12.8. The molecule has 0 N–H and O–H groups in total. The van der Waals surface area contributed by atoms with Crippen molar-refractivity contribution in [2.45, 2.75) is 4.90 Å². The van der Waals surface area contributed by atoms with Crippen molar-refractivity contribution in [1.82, 2.24) is 8.96 Å². The Balaban J connectivity index is 2.18. The number of methoxy groups -OCH3 is 1. The molecular formula is C17H14N2O4S. The quantitative estimate of drug-likeness (QED) is 0.666. The number of benzene rings is 2. The van der Waals surface area contributed by atoms with Crippen LogP contribution < -0.4 is 4.74 Å². The summed E-state index contributed by atoms with van der Waals surface area (Å²) >= 11 is 0. The van der Waals surface area contributed by atoms with E-state index in [1.807, 2.05) is 0 Å². The van der Waals surface area contributed by atoms with E-state index in [1.54, 1.807) is 49.6 Å². The van der Waals surface area contributed by atoms with Gasteiger partial charge >= 0.3 is 0 Å². The third kappa shape index (κ3) is 2.81. The molecule has 3 rings (SSSR count). The molecule has 24 heavy (non-hydrogen) atoms. The van der Waals surface area contributed by atoms with Crippen molar-refractivity contribution in [3.8, 4) is 17.1 Å². The van der Waals surface area contributed by atoms with E-state index >= 15 is 0 Å². The highest BCUT2D eigenvalue weighted by atomic mass is 32.2. The summed E-state index contributed by atoms with van der Waals surface area (Å²) in [7, 11) is -2.32. The standard InChI is InChI=1S/C17H14N2O4S/c1-23-15-9-7-13(8-10-15)17-18-14(12-20)11-19(17)24(21,22)16-5-3-2-4-6-16/h2-12H,1H3. The monoisotopic (exact) mass is 342 g/mol. The molecule has 6 nitrogen and oxygen atoms in total. The number of carbonyl (C=O) groups is 1. The number of hydrogen-bond acceptors (Lipinski definition) is 5. The van der Waals surface area contributed by atoms with Gasteiger partial charge in [-0.3, -0.25) is 4.79 Å². The van der Waals surface area contributed by atoms with E-state index < -0.39 is 10.0 Å². The van der Waals surface area contributed by atoms with Gasteiger partial charge in [0.15, 0.2) is 12.1 Å².